The second-order valence-electron chi connectivity index (χ2n) is 9.06. The highest BCUT2D eigenvalue weighted by atomic mass is 19.1. The van der Waals surface area contributed by atoms with E-state index in [9.17, 15) is 32.7 Å². The zero-order valence-corrected chi connectivity index (χ0v) is 18.3. The molecule has 2 amide bonds. The number of halogens is 3. The number of ether oxygens (including phenoxy) is 1. The van der Waals surface area contributed by atoms with Crippen molar-refractivity contribution in [2.24, 2.45) is 11.8 Å². The van der Waals surface area contributed by atoms with E-state index in [1.807, 2.05) is 13.8 Å². The van der Waals surface area contributed by atoms with E-state index in [1.165, 1.54) is 4.57 Å². The number of carbonyl (C=O) groups excluding carboxylic acids is 2. The number of nitrogens with one attached hydrogen (secondary N) is 1. The summed E-state index contributed by atoms with van der Waals surface area (Å²) in [5.41, 5.74) is -2.42. The first kappa shape index (κ1) is 22.5. The molecule has 5 rings (SSSR count). The predicted molar refractivity (Wildman–Crippen MR) is 111 cm³/mol. The van der Waals surface area contributed by atoms with E-state index in [-0.39, 0.29) is 30.3 Å². The lowest BCUT2D eigenvalue weighted by Crippen LogP contribution is -2.54. The van der Waals surface area contributed by atoms with Crippen LogP contribution in [-0.2, 0) is 17.8 Å². The summed E-state index contributed by atoms with van der Waals surface area (Å²) in [6.07, 6.45) is 1.35. The monoisotopic (exact) mass is 477 g/mol. The van der Waals surface area contributed by atoms with Crippen LogP contribution < -0.4 is 10.7 Å². The summed E-state index contributed by atoms with van der Waals surface area (Å²) < 4.78 is 48.2. The molecule has 1 aromatic heterocycles. The third-order valence-electron chi connectivity index (χ3n) is 7.06. The van der Waals surface area contributed by atoms with Gasteiger partial charge in [-0.1, -0.05) is 0 Å². The number of rotatable bonds is 3. The summed E-state index contributed by atoms with van der Waals surface area (Å²) in [7, 11) is 0. The highest BCUT2D eigenvalue weighted by Gasteiger charge is 2.54. The van der Waals surface area contributed by atoms with Gasteiger partial charge in [0.2, 0.25) is 5.43 Å². The molecule has 1 unspecified atom stereocenters. The van der Waals surface area contributed by atoms with Crippen molar-refractivity contribution in [2.75, 3.05) is 0 Å². The number of hydrogen-bond donors (Lipinski definition) is 2. The smallest absolute Gasteiger partial charge is 0.276 e. The normalized spacial score (nSPS) is 27.4. The molecule has 2 aliphatic heterocycles. The Balaban J connectivity index is 1.45. The lowest BCUT2D eigenvalue weighted by atomic mass is 10.1. The second kappa shape index (κ2) is 7.86. The Bertz CT molecular complexity index is 1260. The van der Waals surface area contributed by atoms with Gasteiger partial charge in [-0.05, 0) is 32.1 Å². The number of aromatic hydroxyl groups is 1. The third-order valence-corrected chi connectivity index (χ3v) is 7.06. The molecule has 1 saturated heterocycles. The minimum Gasteiger partial charge on any atom is -0.503 e. The molecule has 1 aromatic carbocycles. The Kier molecular flexibility index (Phi) is 5.19. The fraction of sp³-hybridized carbons (Fsp3) is 0.435. The molecular weight excluding hydrogens is 455 g/mol. The standard InChI is InChI=1S/C23H22F3N3O5/c1-9-12-5-13(12)10(2)34-18-8-28-7-15(20(30)21(31)19(28)23(33)29(9)18)22(32)27-6-14-16(25)3-11(24)4-17(14)26/h3-4,7,9-10,12-13,18,31H,5-6,8H2,1-2H3,(H,27,32)/t9-,10+,12+,13-,18?/m1/s1. The maximum absolute atomic E-state index is 13.9. The molecule has 0 radical (unpaired) electrons. The van der Waals surface area contributed by atoms with Crippen LogP contribution in [0.2, 0.25) is 0 Å². The fourth-order valence-corrected chi connectivity index (χ4v) is 5.14. The topological polar surface area (TPSA) is 101 Å². The van der Waals surface area contributed by atoms with Crippen LogP contribution in [0.15, 0.2) is 23.1 Å². The zero-order valence-electron chi connectivity index (χ0n) is 18.3. The van der Waals surface area contributed by atoms with Crippen molar-refractivity contribution in [3.8, 4) is 5.75 Å². The number of carbonyl (C=O) groups is 2. The number of nitrogens with zero attached hydrogens (tertiary/aromatic N) is 2. The van der Waals surface area contributed by atoms with Gasteiger partial charge in [0.25, 0.3) is 11.8 Å². The van der Waals surface area contributed by atoms with Gasteiger partial charge in [-0.15, -0.1) is 0 Å². The van der Waals surface area contributed by atoms with E-state index in [0.717, 1.165) is 12.6 Å². The molecule has 0 spiro atoms. The number of fused-ring (bicyclic) bond motifs is 3. The molecule has 0 bridgehead atoms. The van der Waals surface area contributed by atoms with Crippen molar-refractivity contribution in [1.29, 1.82) is 0 Å². The predicted octanol–water partition coefficient (Wildman–Crippen LogP) is 2.13. The summed E-state index contributed by atoms with van der Waals surface area (Å²) in [6, 6.07) is 0.805. The minimum absolute atomic E-state index is 0.0759. The van der Waals surface area contributed by atoms with Gasteiger partial charge in [-0.25, -0.2) is 13.2 Å². The van der Waals surface area contributed by atoms with Crippen LogP contribution in [0.3, 0.4) is 0 Å². The molecule has 2 N–H and O–H groups in total. The Labute approximate surface area is 191 Å². The van der Waals surface area contributed by atoms with Crippen LogP contribution in [0.1, 0.15) is 46.7 Å². The Morgan fingerprint density at radius 3 is 2.53 bits per heavy atom. The molecule has 2 aromatic rings. The number of aromatic nitrogens is 1. The van der Waals surface area contributed by atoms with Crippen molar-refractivity contribution >= 4 is 11.8 Å². The van der Waals surface area contributed by atoms with Crippen molar-refractivity contribution in [3.05, 3.63) is 62.8 Å². The Morgan fingerprint density at radius 2 is 1.85 bits per heavy atom. The van der Waals surface area contributed by atoms with E-state index in [4.69, 9.17) is 4.74 Å². The number of benzene rings is 1. The molecule has 8 nitrogen and oxygen atoms in total. The molecule has 180 valence electrons. The van der Waals surface area contributed by atoms with Crippen LogP contribution >= 0.6 is 0 Å². The van der Waals surface area contributed by atoms with Gasteiger partial charge < -0.3 is 24.6 Å². The number of amides is 2. The fourth-order valence-electron chi connectivity index (χ4n) is 5.14. The summed E-state index contributed by atoms with van der Waals surface area (Å²) >= 11 is 0. The van der Waals surface area contributed by atoms with Crippen molar-refractivity contribution < 1.29 is 32.6 Å². The van der Waals surface area contributed by atoms with Gasteiger partial charge in [0.15, 0.2) is 17.7 Å². The van der Waals surface area contributed by atoms with Gasteiger partial charge in [-0.3, -0.25) is 14.4 Å². The summed E-state index contributed by atoms with van der Waals surface area (Å²) in [4.78, 5) is 40.2. The first-order valence-electron chi connectivity index (χ1n) is 10.9. The van der Waals surface area contributed by atoms with Crippen LogP contribution in [0, 0.1) is 29.3 Å². The van der Waals surface area contributed by atoms with Gasteiger partial charge in [0.1, 0.15) is 23.0 Å². The van der Waals surface area contributed by atoms with Gasteiger partial charge >= 0.3 is 0 Å². The van der Waals surface area contributed by atoms with Crippen LogP contribution in [0.25, 0.3) is 0 Å². The van der Waals surface area contributed by atoms with Crippen molar-refractivity contribution in [1.82, 2.24) is 14.8 Å². The Morgan fingerprint density at radius 1 is 1.18 bits per heavy atom. The largest absolute Gasteiger partial charge is 0.503 e. The zero-order chi connectivity index (χ0) is 24.5. The van der Waals surface area contributed by atoms with Crippen molar-refractivity contribution in [2.45, 2.75) is 51.7 Å². The van der Waals surface area contributed by atoms with Gasteiger partial charge in [-0.2, -0.15) is 0 Å². The molecule has 11 heteroatoms. The maximum atomic E-state index is 13.9. The first-order valence-corrected chi connectivity index (χ1v) is 10.9. The van der Waals surface area contributed by atoms with Gasteiger partial charge in [0.05, 0.1) is 12.6 Å². The Hall–Kier alpha value is -3.34. The third kappa shape index (κ3) is 3.46. The molecule has 3 heterocycles. The first-order chi connectivity index (χ1) is 16.1. The summed E-state index contributed by atoms with van der Waals surface area (Å²) in [6.45, 7) is 3.28. The number of pyridine rings is 1. The van der Waals surface area contributed by atoms with Crippen LogP contribution in [0.5, 0.6) is 5.75 Å². The average Bonchev–Trinajstić information content (AvgIpc) is 3.56. The van der Waals surface area contributed by atoms with E-state index in [2.05, 4.69) is 5.32 Å². The minimum atomic E-state index is -1.19. The molecule has 5 atom stereocenters. The molecule has 1 saturated carbocycles. The highest BCUT2D eigenvalue weighted by Crippen LogP contribution is 2.50. The van der Waals surface area contributed by atoms with E-state index < -0.39 is 64.3 Å². The van der Waals surface area contributed by atoms with E-state index in [1.54, 1.807) is 4.90 Å². The van der Waals surface area contributed by atoms with Crippen LogP contribution in [0.4, 0.5) is 13.2 Å². The maximum Gasteiger partial charge on any atom is 0.276 e. The molecule has 34 heavy (non-hydrogen) atoms. The molecule has 1 aliphatic carbocycles. The number of hydrogen-bond acceptors (Lipinski definition) is 5. The lowest BCUT2D eigenvalue weighted by Gasteiger charge is -2.40. The van der Waals surface area contributed by atoms with Gasteiger partial charge in [0, 0.05) is 36.5 Å². The molecule has 3 aliphatic rings. The van der Waals surface area contributed by atoms with E-state index in [0.29, 0.717) is 18.1 Å². The SMILES string of the molecule is C[C@@H]1OC2Cn3cc(C(=O)NCc4c(F)cc(F)cc4F)c(=O)c(O)c3C(=O)N2[C@H](C)[C@@H]2C[C@@H]21. The molecule has 2 fully saturated rings. The summed E-state index contributed by atoms with van der Waals surface area (Å²) in [5.74, 6) is -5.35. The lowest BCUT2D eigenvalue weighted by molar-refractivity contribution is -0.0969. The second-order valence-corrected chi connectivity index (χ2v) is 9.06. The van der Waals surface area contributed by atoms with Crippen molar-refractivity contribution in [3.63, 3.8) is 0 Å². The molecular formula is C23H22F3N3O5. The van der Waals surface area contributed by atoms with E-state index >= 15 is 0 Å². The summed E-state index contributed by atoms with van der Waals surface area (Å²) in [5, 5.41) is 12.8. The van der Waals surface area contributed by atoms with Crippen LogP contribution in [-0.4, -0.2) is 44.8 Å². The highest BCUT2D eigenvalue weighted by molar-refractivity contribution is 5.99. The average molecular weight is 477 g/mol. The quantitative estimate of drug-likeness (QED) is 0.706.